The molecule has 4 heteroatoms. The maximum Gasteiger partial charge on any atom is 0.252 e. The van der Waals surface area contributed by atoms with Crippen LogP contribution in [0.5, 0.6) is 0 Å². The van der Waals surface area contributed by atoms with E-state index in [-0.39, 0.29) is 17.6 Å². The van der Waals surface area contributed by atoms with Gasteiger partial charge in [-0.2, -0.15) is 0 Å². The van der Waals surface area contributed by atoms with Gasteiger partial charge in [-0.05, 0) is 55.1 Å². The lowest BCUT2D eigenvalue weighted by Gasteiger charge is -2.35. The molecule has 2 nitrogen and oxygen atoms in total. The first-order valence-electron chi connectivity index (χ1n) is 6.73. The molecular weight excluding hydrogens is 281 g/mol. The van der Waals surface area contributed by atoms with Crippen LogP contribution in [0.25, 0.3) is 0 Å². The van der Waals surface area contributed by atoms with Crippen LogP contribution in [0.3, 0.4) is 0 Å². The van der Waals surface area contributed by atoms with Gasteiger partial charge >= 0.3 is 0 Å². The summed E-state index contributed by atoms with van der Waals surface area (Å²) in [5, 5.41) is -0.383. The number of nitrogens with zero attached hydrogens (tertiary/aromatic N) is 1. The van der Waals surface area contributed by atoms with Crippen LogP contribution in [-0.4, -0.2) is 22.7 Å². The standard InChI is InChI=1S/C15H20ClNO.ClH/c1-2-14-5-3-4-10-17(14)11-12-6-8-13(9-7-12)15(16)18;/h6-9,14H,2-5,10-11H2,1H3;1H. The second-order valence-corrected chi connectivity index (χ2v) is 5.34. The van der Waals surface area contributed by atoms with Crippen molar-refractivity contribution in [2.75, 3.05) is 6.54 Å². The summed E-state index contributed by atoms with van der Waals surface area (Å²) < 4.78 is 0. The molecule has 1 aromatic rings. The quantitative estimate of drug-likeness (QED) is 0.775. The zero-order valence-corrected chi connectivity index (χ0v) is 12.8. The maximum absolute atomic E-state index is 11.0. The van der Waals surface area contributed by atoms with Gasteiger partial charge in [-0.25, -0.2) is 0 Å². The second-order valence-electron chi connectivity index (χ2n) is 5.00. The Balaban J connectivity index is 0.00000180. The van der Waals surface area contributed by atoms with Crippen LogP contribution < -0.4 is 0 Å². The van der Waals surface area contributed by atoms with E-state index >= 15 is 0 Å². The molecule has 106 valence electrons. The van der Waals surface area contributed by atoms with E-state index in [2.05, 4.69) is 11.8 Å². The Hall–Kier alpha value is -0.570. The molecule has 1 fully saturated rings. The molecule has 1 aromatic carbocycles. The largest absolute Gasteiger partial charge is 0.296 e. The normalized spacial score (nSPS) is 19.8. The minimum atomic E-state index is -0.383. The van der Waals surface area contributed by atoms with Gasteiger partial charge in [0.15, 0.2) is 0 Å². The molecule has 0 amide bonds. The lowest BCUT2D eigenvalue weighted by atomic mass is 9.99. The summed E-state index contributed by atoms with van der Waals surface area (Å²) in [6, 6.07) is 8.37. The Bertz CT molecular complexity index is 405. The van der Waals surface area contributed by atoms with Gasteiger partial charge < -0.3 is 0 Å². The van der Waals surface area contributed by atoms with E-state index in [1.165, 1.54) is 37.8 Å². The lowest BCUT2D eigenvalue weighted by Crippen LogP contribution is -2.38. The number of benzene rings is 1. The predicted molar refractivity (Wildman–Crippen MR) is 82.2 cm³/mol. The number of likely N-dealkylation sites (tertiary alicyclic amines) is 1. The van der Waals surface area contributed by atoms with Crippen LogP contribution in [0.15, 0.2) is 24.3 Å². The van der Waals surface area contributed by atoms with Gasteiger partial charge in [0.25, 0.3) is 5.24 Å². The maximum atomic E-state index is 11.0. The SMILES string of the molecule is CCC1CCCCN1Cc1ccc(C(=O)Cl)cc1.Cl. The molecule has 1 heterocycles. The van der Waals surface area contributed by atoms with Crippen LogP contribution in [0.2, 0.25) is 0 Å². The summed E-state index contributed by atoms with van der Waals surface area (Å²) in [7, 11) is 0. The Kier molecular flexibility index (Phi) is 6.84. The number of rotatable bonds is 4. The van der Waals surface area contributed by atoms with Crippen molar-refractivity contribution < 1.29 is 4.79 Å². The van der Waals surface area contributed by atoms with Crippen LogP contribution in [0.1, 0.15) is 48.5 Å². The Morgan fingerprint density at radius 3 is 2.58 bits per heavy atom. The predicted octanol–water partition coefficient (Wildman–Crippen LogP) is 4.25. The summed E-state index contributed by atoms with van der Waals surface area (Å²) in [6.07, 6.45) is 5.19. The highest BCUT2D eigenvalue weighted by atomic mass is 35.5. The third-order valence-electron chi connectivity index (χ3n) is 3.79. The summed E-state index contributed by atoms with van der Waals surface area (Å²) in [5.41, 5.74) is 1.84. The van der Waals surface area contributed by atoms with E-state index in [9.17, 15) is 4.79 Å². The zero-order chi connectivity index (χ0) is 13.0. The van der Waals surface area contributed by atoms with E-state index < -0.39 is 0 Å². The molecule has 1 atom stereocenters. The first kappa shape index (κ1) is 16.5. The number of halogens is 2. The summed E-state index contributed by atoms with van der Waals surface area (Å²) >= 11 is 5.44. The molecular formula is C15H21Cl2NO. The number of carbonyl (C=O) groups excluding carboxylic acids is 1. The van der Waals surface area contributed by atoms with Crippen molar-refractivity contribution in [1.82, 2.24) is 4.90 Å². The average Bonchev–Trinajstić information content (AvgIpc) is 2.40. The van der Waals surface area contributed by atoms with Gasteiger partial charge in [0.05, 0.1) is 0 Å². The van der Waals surface area contributed by atoms with Crippen molar-refractivity contribution in [2.24, 2.45) is 0 Å². The zero-order valence-electron chi connectivity index (χ0n) is 11.3. The van der Waals surface area contributed by atoms with Crippen molar-refractivity contribution >= 4 is 29.3 Å². The average molecular weight is 302 g/mol. The summed E-state index contributed by atoms with van der Waals surface area (Å²) in [5.74, 6) is 0. The Labute approximate surface area is 126 Å². The minimum absolute atomic E-state index is 0. The molecule has 0 spiro atoms. The van der Waals surface area contributed by atoms with Crippen molar-refractivity contribution in [3.63, 3.8) is 0 Å². The highest BCUT2D eigenvalue weighted by Crippen LogP contribution is 2.21. The monoisotopic (exact) mass is 301 g/mol. The topological polar surface area (TPSA) is 20.3 Å². The smallest absolute Gasteiger partial charge is 0.252 e. The van der Waals surface area contributed by atoms with Gasteiger partial charge in [-0.3, -0.25) is 9.69 Å². The minimum Gasteiger partial charge on any atom is -0.296 e. The molecule has 0 aromatic heterocycles. The van der Waals surface area contributed by atoms with E-state index in [4.69, 9.17) is 11.6 Å². The van der Waals surface area contributed by atoms with Crippen LogP contribution >= 0.6 is 24.0 Å². The number of hydrogen-bond donors (Lipinski definition) is 0. The summed E-state index contributed by atoms with van der Waals surface area (Å²) in [6.45, 7) is 4.43. The molecule has 0 saturated carbocycles. The van der Waals surface area contributed by atoms with Gasteiger partial charge in [0.2, 0.25) is 0 Å². The van der Waals surface area contributed by atoms with E-state index in [0.717, 1.165) is 6.54 Å². The number of piperidine rings is 1. The molecule has 1 aliphatic heterocycles. The van der Waals surface area contributed by atoms with Crippen molar-refractivity contribution in [2.45, 2.75) is 45.2 Å². The molecule has 19 heavy (non-hydrogen) atoms. The van der Waals surface area contributed by atoms with E-state index in [1.807, 2.05) is 24.3 Å². The van der Waals surface area contributed by atoms with Gasteiger partial charge in [-0.1, -0.05) is 25.5 Å². The van der Waals surface area contributed by atoms with Crippen molar-refractivity contribution in [1.29, 1.82) is 0 Å². The van der Waals surface area contributed by atoms with Gasteiger partial charge in [-0.15, -0.1) is 12.4 Å². The van der Waals surface area contributed by atoms with E-state index in [0.29, 0.717) is 11.6 Å². The molecule has 0 bridgehead atoms. The summed E-state index contributed by atoms with van der Waals surface area (Å²) in [4.78, 5) is 13.6. The third-order valence-corrected chi connectivity index (χ3v) is 4.01. The highest BCUT2D eigenvalue weighted by molar-refractivity contribution is 6.67. The first-order valence-corrected chi connectivity index (χ1v) is 7.11. The molecule has 1 unspecified atom stereocenters. The van der Waals surface area contributed by atoms with Crippen molar-refractivity contribution in [3.8, 4) is 0 Å². The Morgan fingerprint density at radius 1 is 1.32 bits per heavy atom. The fourth-order valence-corrected chi connectivity index (χ4v) is 2.83. The van der Waals surface area contributed by atoms with Gasteiger partial charge in [0.1, 0.15) is 0 Å². The third kappa shape index (κ3) is 4.48. The first-order chi connectivity index (χ1) is 8.70. The molecule has 0 aliphatic carbocycles. The van der Waals surface area contributed by atoms with Crippen LogP contribution in [0, 0.1) is 0 Å². The molecule has 1 saturated heterocycles. The molecule has 1 aliphatic rings. The molecule has 0 radical (unpaired) electrons. The molecule has 0 N–H and O–H groups in total. The van der Waals surface area contributed by atoms with Crippen molar-refractivity contribution in [3.05, 3.63) is 35.4 Å². The number of hydrogen-bond acceptors (Lipinski definition) is 2. The number of carbonyl (C=O) groups is 1. The highest BCUT2D eigenvalue weighted by Gasteiger charge is 2.20. The lowest BCUT2D eigenvalue weighted by molar-refractivity contribution is 0.108. The fraction of sp³-hybridized carbons (Fsp3) is 0.533. The second kappa shape index (κ2) is 7.88. The van der Waals surface area contributed by atoms with Gasteiger partial charge in [0, 0.05) is 18.2 Å². The van der Waals surface area contributed by atoms with Crippen LogP contribution in [0.4, 0.5) is 0 Å². The Morgan fingerprint density at radius 2 is 2.00 bits per heavy atom. The van der Waals surface area contributed by atoms with E-state index in [1.54, 1.807) is 0 Å². The fourth-order valence-electron chi connectivity index (χ4n) is 2.71. The van der Waals surface area contributed by atoms with Crippen LogP contribution in [-0.2, 0) is 6.54 Å². The molecule has 2 rings (SSSR count).